The number of aromatic nitrogens is 1. The van der Waals surface area contributed by atoms with Crippen LogP contribution in [0.4, 0.5) is 0 Å². The van der Waals surface area contributed by atoms with E-state index in [4.69, 9.17) is 4.74 Å². The van der Waals surface area contributed by atoms with Crippen LogP contribution in [0.3, 0.4) is 0 Å². The smallest absolute Gasteiger partial charge is 0.373 e. The van der Waals surface area contributed by atoms with Crippen LogP contribution in [0.15, 0.2) is 35.8 Å². The van der Waals surface area contributed by atoms with Gasteiger partial charge >= 0.3 is 5.97 Å². The summed E-state index contributed by atoms with van der Waals surface area (Å²) in [5.74, 6) is -0.162. The van der Waals surface area contributed by atoms with Gasteiger partial charge in [0, 0.05) is 6.42 Å². The standard InChI is InChI=1S/C16H18NO2S.BrH/c18-16(19-11-13-6-2-1-3-7-13)10-17-12-20-15-9-5-4-8-14(15)17;/h1-3,6-7,12H,4-5,8-11H2;1H/q+1;/p-1. The van der Waals surface area contributed by atoms with Crippen molar-refractivity contribution in [1.82, 2.24) is 0 Å². The van der Waals surface area contributed by atoms with E-state index in [0.717, 1.165) is 18.4 Å². The molecule has 0 bridgehead atoms. The van der Waals surface area contributed by atoms with Crippen molar-refractivity contribution in [3.05, 3.63) is 52.0 Å². The minimum atomic E-state index is -0.162. The van der Waals surface area contributed by atoms with Gasteiger partial charge in [-0.2, -0.15) is 4.57 Å². The molecule has 0 aliphatic heterocycles. The number of carbonyl (C=O) groups excluding carboxylic acids is 1. The lowest BCUT2D eigenvalue weighted by Gasteiger charge is -2.07. The summed E-state index contributed by atoms with van der Waals surface area (Å²) >= 11 is 1.76. The highest BCUT2D eigenvalue weighted by atomic mass is 79.9. The highest BCUT2D eigenvalue weighted by molar-refractivity contribution is 7.09. The fraction of sp³-hybridized carbons (Fsp3) is 0.375. The molecule has 112 valence electrons. The number of halogens is 1. The minimum Gasteiger partial charge on any atom is -1.00 e. The van der Waals surface area contributed by atoms with E-state index >= 15 is 0 Å². The third-order valence-electron chi connectivity index (χ3n) is 3.60. The molecule has 3 nitrogen and oxygen atoms in total. The Kier molecular flexibility index (Phi) is 5.94. The van der Waals surface area contributed by atoms with Crippen LogP contribution in [-0.4, -0.2) is 5.97 Å². The summed E-state index contributed by atoms with van der Waals surface area (Å²) in [6.07, 6.45) is 4.74. The molecule has 0 spiro atoms. The van der Waals surface area contributed by atoms with Crippen molar-refractivity contribution in [3.63, 3.8) is 0 Å². The van der Waals surface area contributed by atoms with Gasteiger partial charge < -0.3 is 21.7 Å². The summed E-state index contributed by atoms with van der Waals surface area (Å²) in [7, 11) is 0. The molecule has 1 aromatic carbocycles. The molecular weight excluding hydrogens is 350 g/mol. The predicted molar refractivity (Wildman–Crippen MR) is 77.4 cm³/mol. The molecule has 0 saturated heterocycles. The van der Waals surface area contributed by atoms with Crippen molar-refractivity contribution < 1.29 is 31.1 Å². The Hall–Kier alpha value is -1.20. The van der Waals surface area contributed by atoms with Crippen molar-refractivity contribution in [2.45, 2.75) is 38.8 Å². The van der Waals surface area contributed by atoms with Crippen molar-refractivity contribution in [1.29, 1.82) is 0 Å². The lowest BCUT2D eigenvalue weighted by atomic mass is 10.0. The molecule has 1 aliphatic rings. The van der Waals surface area contributed by atoms with Crippen LogP contribution in [0.2, 0.25) is 0 Å². The summed E-state index contributed by atoms with van der Waals surface area (Å²) in [4.78, 5) is 13.4. The first-order chi connectivity index (χ1) is 9.83. The van der Waals surface area contributed by atoms with E-state index in [1.807, 2.05) is 30.3 Å². The summed E-state index contributed by atoms with van der Waals surface area (Å²) in [6.45, 7) is 0.686. The van der Waals surface area contributed by atoms with Gasteiger partial charge in [0.1, 0.15) is 6.61 Å². The molecule has 2 aromatic rings. The Bertz CT molecular complexity index is 598. The number of hydrogen-bond donors (Lipinski definition) is 0. The number of benzene rings is 1. The van der Waals surface area contributed by atoms with Gasteiger partial charge in [-0.25, -0.2) is 4.79 Å². The zero-order chi connectivity index (χ0) is 13.8. The third-order valence-corrected chi connectivity index (χ3v) is 4.68. The molecule has 3 rings (SSSR count). The van der Waals surface area contributed by atoms with Crippen molar-refractivity contribution >= 4 is 17.3 Å². The van der Waals surface area contributed by atoms with E-state index in [0.29, 0.717) is 13.2 Å². The molecule has 0 radical (unpaired) electrons. The second-order valence-corrected chi connectivity index (χ2v) is 6.01. The lowest BCUT2D eigenvalue weighted by molar-refractivity contribution is -0.689. The fourth-order valence-corrected chi connectivity index (χ4v) is 3.61. The van der Waals surface area contributed by atoms with E-state index < -0.39 is 0 Å². The number of esters is 1. The van der Waals surface area contributed by atoms with Gasteiger partial charge in [0.05, 0.1) is 4.88 Å². The number of aryl methyl sites for hydroxylation is 1. The topological polar surface area (TPSA) is 30.2 Å². The highest BCUT2D eigenvalue weighted by Crippen LogP contribution is 2.22. The molecule has 1 aliphatic carbocycles. The summed E-state index contributed by atoms with van der Waals surface area (Å²) in [5, 5.41) is 0. The van der Waals surface area contributed by atoms with E-state index in [-0.39, 0.29) is 23.0 Å². The number of ether oxygens (including phenoxy) is 1. The molecular formula is C16H18BrNO2S. The van der Waals surface area contributed by atoms with Crippen molar-refractivity contribution in [2.24, 2.45) is 0 Å². The minimum absolute atomic E-state index is 0. The number of rotatable bonds is 4. The maximum atomic E-state index is 11.9. The van der Waals surface area contributed by atoms with Gasteiger partial charge in [-0.15, -0.1) is 0 Å². The summed E-state index contributed by atoms with van der Waals surface area (Å²) < 4.78 is 7.40. The molecule has 0 saturated carbocycles. The number of fused-ring (bicyclic) bond motifs is 1. The molecule has 1 aromatic heterocycles. The van der Waals surface area contributed by atoms with Gasteiger partial charge in [-0.3, -0.25) is 0 Å². The van der Waals surface area contributed by atoms with Crippen LogP contribution in [0.25, 0.3) is 0 Å². The van der Waals surface area contributed by atoms with Gasteiger partial charge in [0.15, 0.2) is 5.69 Å². The molecule has 0 unspecified atom stereocenters. The zero-order valence-corrected chi connectivity index (χ0v) is 14.2. The Morgan fingerprint density at radius 3 is 2.76 bits per heavy atom. The fourth-order valence-electron chi connectivity index (χ4n) is 2.54. The molecule has 5 heteroatoms. The Labute approximate surface area is 139 Å². The second kappa shape index (κ2) is 7.71. The quantitative estimate of drug-likeness (QED) is 0.546. The second-order valence-electron chi connectivity index (χ2n) is 5.07. The van der Waals surface area contributed by atoms with Crippen LogP contribution in [-0.2, 0) is 35.5 Å². The number of hydrogen-bond acceptors (Lipinski definition) is 3. The largest absolute Gasteiger partial charge is 1.00 e. The normalized spacial score (nSPS) is 13.1. The Morgan fingerprint density at radius 1 is 1.19 bits per heavy atom. The van der Waals surface area contributed by atoms with Crippen LogP contribution in [0.5, 0.6) is 0 Å². The number of carbonyl (C=O) groups is 1. The zero-order valence-electron chi connectivity index (χ0n) is 11.8. The highest BCUT2D eigenvalue weighted by Gasteiger charge is 2.24. The molecule has 21 heavy (non-hydrogen) atoms. The van der Waals surface area contributed by atoms with E-state index in [1.165, 1.54) is 23.4 Å². The maximum absolute atomic E-state index is 11.9. The Morgan fingerprint density at radius 2 is 1.95 bits per heavy atom. The summed E-state index contributed by atoms with van der Waals surface area (Å²) in [6, 6.07) is 9.79. The molecule has 1 heterocycles. The lowest BCUT2D eigenvalue weighted by Crippen LogP contribution is -3.00. The van der Waals surface area contributed by atoms with Crippen LogP contribution in [0.1, 0.15) is 29.0 Å². The van der Waals surface area contributed by atoms with Gasteiger partial charge in [0.25, 0.3) is 0 Å². The first-order valence-electron chi connectivity index (χ1n) is 7.01. The average molecular weight is 368 g/mol. The molecule has 0 atom stereocenters. The summed E-state index contributed by atoms with van der Waals surface area (Å²) in [5.41, 5.74) is 4.41. The molecule has 0 N–H and O–H groups in total. The van der Waals surface area contributed by atoms with E-state index in [2.05, 4.69) is 10.1 Å². The van der Waals surface area contributed by atoms with Gasteiger partial charge in [0.2, 0.25) is 12.1 Å². The maximum Gasteiger partial charge on any atom is 0.373 e. The van der Waals surface area contributed by atoms with Crippen LogP contribution in [0, 0.1) is 0 Å². The van der Waals surface area contributed by atoms with Gasteiger partial charge in [-0.05, 0) is 24.8 Å². The Balaban J connectivity index is 0.00000161. The van der Waals surface area contributed by atoms with E-state index in [9.17, 15) is 4.79 Å². The van der Waals surface area contributed by atoms with Gasteiger partial charge in [-0.1, -0.05) is 41.7 Å². The SMILES string of the molecule is O=C(C[n+]1csc2c1CCCC2)OCc1ccccc1.[Br-]. The third kappa shape index (κ3) is 4.14. The first kappa shape index (κ1) is 16.2. The van der Waals surface area contributed by atoms with Crippen LogP contribution < -0.4 is 21.5 Å². The molecule has 0 fully saturated rings. The predicted octanol–water partition coefficient (Wildman–Crippen LogP) is -0.338. The van der Waals surface area contributed by atoms with Crippen molar-refractivity contribution in [3.8, 4) is 0 Å². The monoisotopic (exact) mass is 367 g/mol. The first-order valence-corrected chi connectivity index (χ1v) is 7.89. The van der Waals surface area contributed by atoms with E-state index in [1.54, 1.807) is 11.3 Å². The van der Waals surface area contributed by atoms with Crippen LogP contribution >= 0.6 is 11.3 Å². The van der Waals surface area contributed by atoms with Crippen molar-refractivity contribution in [2.75, 3.05) is 0 Å². The average Bonchev–Trinajstić information content (AvgIpc) is 2.90. The number of thiazole rings is 1. The molecule has 0 amide bonds. The number of nitrogens with zero attached hydrogens (tertiary/aromatic N) is 1.